The molecule has 2 aromatic carbocycles. The van der Waals surface area contributed by atoms with Crippen LogP contribution >= 0.6 is 0 Å². The fraction of sp³-hybridized carbons (Fsp3) is 0.836. The molecule has 360 valence electrons. The van der Waals surface area contributed by atoms with Gasteiger partial charge in [0.2, 0.25) is 0 Å². The highest BCUT2D eigenvalue weighted by Crippen LogP contribution is 2.36. The third-order valence-electron chi connectivity index (χ3n) is 17.5. The molecule has 0 aromatic heterocycles. The van der Waals surface area contributed by atoms with Crippen LogP contribution in [0.15, 0.2) is 36.4 Å². The molecule has 5 rings (SSSR count). The summed E-state index contributed by atoms with van der Waals surface area (Å²) in [5.74, 6) is 0. The Kier molecular flexibility index (Phi) is 29.0. The van der Waals surface area contributed by atoms with E-state index in [-0.39, 0.29) is 0 Å². The highest BCUT2D eigenvalue weighted by atomic mass is 28.3. The molecule has 3 aliphatic heterocycles. The van der Waals surface area contributed by atoms with Crippen LogP contribution in [0.1, 0.15) is 289 Å². The zero-order valence-electron chi connectivity index (χ0n) is 42.5. The van der Waals surface area contributed by atoms with Crippen molar-refractivity contribution < 1.29 is 0 Å². The molecular formula is C61H108Si2. The monoisotopic (exact) mass is 897 g/mol. The van der Waals surface area contributed by atoms with Crippen LogP contribution in [0.3, 0.4) is 0 Å². The van der Waals surface area contributed by atoms with Gasteiger partial charge >= 0.3 is 0 Å². The lowest BCUT2D eigenvalue weighted by molar-refractivity contribution is 0.530. The summed E-state index contributed by atoms with van der Waals surface area (Å²) in [6, 6.07) is 25.6. The van der Waals surface area contributed by atoms with E-state index in [0.29, 0.717) is 0 Å². The first-order valence-corrected chi connectivity index (χ1v) is 35.1. The maximum atomic E-state index is 2.92. The normalized spacial score (nSPS) is 27.4. The maximum Gasteiger partial charge on any atom is 0.0875 e. The van der Waals surface area contributed by atoms with Crippen LogP contribution in [0.4, 0.5) is 0 Å². The molecule has 0 unspecified atom stereocenters. The van der Waals surface area contributed by atoms with E-state index < -0.39 is 16.1 Å². The van der Waals surface area contributed by atoms with Crippen molar-refractivity contribution in [1.82, 2.24) is 0 Å². The van der Waals surface area contributed by atoms with Crippen molar-refractivity contribution in [1.29, 1.82) is 0 Å². The van der Waals surface area contributed by atoms with Crippen molar-refractivity contribution in [3.63, 3.8) is 0 Å². The highest BCUT2D eigenvalue weighted by molar-refractivity contribution is 6.95. The number of hydrogen-bond donors (Lipinski definition) is 0. The first kappa shape index (κ1) is 53.1. The SMILES string of the molecule is c1ccc2c3ccc(c2c1)[Si]12CCCCCCCCCCCCCCCCC[Si]3(CCCCCCCCCCCCCCCCC1)CCCCCCCCCCCCCCCCC2. The predicted molar refractivity (Wildman–Crippen MR) is 291 cm³/mol. The molecule has 0 saturated carbocycles. The predicted octanol–water partition coefficient (Wildman–Crippen LogP) is 20.7. The molecule has 0 spiro atoms. The molecule has 0 nitrogen and oxygen atoms in total. The van der Waals surface area contributed by atoms with Crippen LogP contribution in [-0.2, 0) is 0 Å². The minimum atomic E-state index is -1.75. The van der Waals surface area contributed by atoms with Gasteiger partial charge in [0.15, 0.2) is 0 Å². The highest BCUT2D eigenvalue weighted by Gasteiger charge is 2.39. The molecule has 0 atom stereocenters. The number of benzene rings is 2. The zero-order chi connectivity index (χ0) is 43.6. The molecular weight excluding hydrogens is 789 g/mol. The summed E-state index contributed by atoms with van der Waals surface area (Å²) in [5, 5.41) is 7.43. The van der Waals surface area contributed by atoms with Crippen LogP contribution in [-0.4, -0.2) is 16.1 Å². The van der Waals surface area contributed by atoms with Gasteiger partial charge in [-0.2, -0.15) is 0 Å². The summed E-state index contributed by atoms with van der Waals surface area (Å²) >= 11 is 0. The fourth-order valence-corrected chi connectivity index (χ4v) is 24.6. The van der Waals surface area contributed by atoms with Crippen LogP contribution < -0.4 is 10.4 Å². The topological polar surface area (TPSA) is 0 Å². The summed E-state index contributed by atoms with van der Waals surface area (Å²) in [4.78, 5) is 0. The number of rotatable bonds is 0. The maximum absolute atomic E-state index is 2.92. The Balaban J connectivity index is 1.55. The standard InChI is InChI=1S/C61H108Si2/c1-4-10-16-22-28-34-42-52-62-54-44-36-30-24-18-12-6-2-7-13-19-25-31-37-45-55-63(53-43-35-29-23-17-11-5-1,61-51-50-60(62)58-48-40-41-49-59(58)61)57-47-39-33-27-21-15-9-3-8-14-20-26-32-38-46-56-62/h40-41,48-51H,1-39,42-47,52-57H2. The van der Waals surface area contributed by atoms with E-state index in [1.165, 1.54) is 289 Å². The van der Waals surface area contributed by atoms with Gasteiger partial charge in [-0.15, -0.1) is 0 Å². The largest absolute Gasteiger partial charge is 0.0875 e. The molecule has 2 aromatic rings. The fourth-order valence-electron chi connectivity index (χ4n) is 13.5. The van der Waals surface area contributed by atoms with Crippen molar-refractivity contribution in [2.45, 2.75) is 325 Å². The molecule has 0 aliphatic carbocycles. The second kappa shape index (κ2) is 34.4. The van der Waals surface area contributed by atoms with E-state index in [9.17, 15) is 0 Å². The lowest BCUT2D eigenvalue weighted by Crippen LogP contribution is -2.51. The van der Waals surface area contributed by atoms with Crippen molar-refractivity contribution in [3.8, 4) is 0 Å². The van der Waals surface area contributed by atoms with Gasteiger partial charge in [-0.1, -0.05) is 372 Å². The lowest BCUT2D eigenvalue weighted by Gasteiger charge is -2.38. The van der Waals surface area contributed by atoms with Gasteiger partial charge in [0, 0.05) is 0 Å². The van der Waals surface area contributed by atoms with Gasteiger partial charge in [-0.05, 0) is 10.8 Å². The molecule has 0 radical (unpaired) electrons. The second-order valence-corrected chi connectivity index (χ2v) is 31.9. The number of fused-ring (bicyclic) bond motifs is 1. The summed E-state index contributed by atoms with van der Waals surface area (Å²) in [6.45, 7) is 0. The van der Waals surface area contributed by atoms with Gasteiger partial charge in [0.05, 0.1) is 16.1 Å². The minimum Gasteiger partial charge on any atom is -0.0625 e. The van der Waals surface area contributed by atoms with Gasteiger partial charge in [-0.25, -0.2) is 0 Å². The van der Waals surface area contributed by atoms with Crippen molar-refractivity contribution >= 4 is 37.3 Å². The zero-order valence-corrected chi connectivity index (χ0v) is 44.5. The van der Waals surface area contributed by atoms with Crippen LogP contribution in [0.5, 0.6) is 0 Å². The molecule has 2 heteroatoms. The molecule has 0 N–H and O–H groups in total. The summed E-state index contributed by atoms with van der Waals surface area (Å²) < 4.78 is 0. The smallest absolute Gasteiger partial charge is 0.0625 e. The molecule has 3 aliphatic rings. The van der Waals surface area contributed by atoms with Gasteiger partial charge in [0.1, 0.15) is 0 Å². The Bertz CT molecular complexity index is 1180. The summed E-state index contributed by atoms with van der Waals surface area (Å²) in [7, 11) is -3.50. The molecule has 0 fully saturated rings. The summed E-state index contributed by atoms with van der Waals surface area (Å²) in [6.07, 6.45) is 67.0. The molecule has 4 bridgehead atoms. The van der Waals surface area contributed by atoms with Gasteiger partial charge in [0.25, 0.3) is 0 Å². The van der Waals surface area contributed by atoms with E-state index in [0.717, 1.165) is 0 Å². The van der Waals surface area contributed by atoms with E-state index >= 15 is 0 Å². The van der Waals surface area contributed by atoms with E-state index in [1.807, 2.05) is 10.4 Å². The quantitative estimate of drug-likeness (QED) is 0.231. The Morgan fingerprint density at radius 3 is 0.476 bits per heavy atom. The van der Waals surface area contributed by atoms with Gasteiger partial charge < -0.3 is 0 Å². The minimum absolute atomic E-state index is 1.48. The average molecular weight is 898 g/mol. The molecule has 0 saturated heterocycles. The van der Waals surface area contributed by atoms with E-state index in [1.54, 1.807) is 47.0 Å². The third-order valence-corrected chi connectivity index (χ3v) is 28.5. The number of hydrogen-bond acceptors (Lipinski definition) is 0. The van der Waals surface area contributed by atoms with Crippen molar-refractivity contribution in [2.24, 2.45) is 0 Å². The van der Waals surface area contributed by atoms with Gasteiger partial charge in [-0.3, -0.25) is 0 Å². The third kappa shape index (κ3) is 20.9. The van der Waals surface area contributed by atoms with Crippen LogP contribution in [0.25, 0.3) is 10.8 Å². The molecule has 63 heavy (non-hydrogen) atoms. The Morgan fingerprint density at radius 2 is 0.317 bits per heavy atom. The summed E-state index contributed by atoms with van der Waals surface area (Å²) in [5.41, 5.74) is 0. The first-order chi connectivity index (χ1) is 31.3. The average Bonchev–Trinajstić information content (AvgIpc) is 3.30. The Hall–Kier alpha value is -0.866. The lowest BCUT2D eigenvalue weighted by atomic mass is 10.0. The molecule has 3 heterocycles. The molecule has 0 amide bonds. The first-order valence-electron chi connectivity index (χ1n) is 29.9. The van der Waals surface area contributed by atoms with E-state index in [4.69, 9.17) is 0 Å². The Labute approximate surface area is 396 Å². The van der Waals surface area contributed by atoms with Crippen LogP contribution in [0, 0.1) is 0 Å². The second-order valence-electron chi connectivity index (χ2n) is 22.7. The van der Waals surface area contributed by atoms with E-state index in [2.05, 4.69) is 36.4 Å². The Morgan fingerprint density at radius 1 is 0.175 bits per heavy atom. The van der Waals surface area contributed by atoms with Crippen molar-refractivity contribution in [3.05, 3.63) is 36.4 Å². The van der Waals surface area contributed by atoms with Crippen LogP contribution in [0.2, 0.25) is 36.3 Å². The van der Waals surface area contributed by atoms with Crippen molar-refractivity contribution in [2.75, 3.05) is 0 Å².